The molecule has 0 saturated carbocycles. The fraction of sp³-hybridized carbons (Fsp3) is 0.190. The van der Waals surface area contributed by atoms with Crippen molar-refractivity contribution in [3.05, 3.63) is 72.2 Å². The van der Waals surface area contributed by atoms with E-state index in [0.717, 1.165) is 12.2 Å². The van der Waals surface area contributed by atoms with Gasteiger partial charge in [0.15, 0.2) is 0 Å². The number of hydrogen-bond donors (Lipinski definition) is 2. The van der Waals surface area contributed by atoms with E-state index in [9.17, 15) is 4.79 Å². The Hall–Kier alpha value is -3.61. The second-order valence-corrected chi connectivity index (χ2v) is 5.97. The highest BCUT2D eigenvalue weighted by atomic mass is 16.5. The molecule has 0 atom stereocenters. The molecule has 0 aliphatic rings. The highest BCUT2D eigenvalue weighted by Gasteiger charge is 2.11. The zero-order valence-electron chi connectivity index (χ0n) is 15.8. The van der Waals surface area contributed by atoms with E-state index in [-0.39, 0.29) is 11.6 Å². The molecule has 0 spiro atoms. The number of carbonyl (C=O) groups is 1. The third-order valence-electron chi connectivity index (χ3n) is 4.12. The van der Waals surface area contributed by atoms with E-state index < -0.39 is 0 Å². The van der Waals surface area contributed by atoms with Crippen molar-refractivity contribution in [1.29, 1.82) is 0 Å². The number of nitrogens with one attached hydrogen (secondary N) is 2. The Morgan fingerprint density at radius 2 is 1.75 bits per heavy atom. The third kappa shape index (κ3) is 4.97. The van der Waals surface area contributed by atoms with Gasteiger partial charge in [-0.3, -0.25) is 4.79 Å². The Balaban J connectivity index is 1.53. The zero-order chi connectivity index (χ0) is 19.8. The molecule has 3 aromatic rings. The van der Waals surface area contributed by atoms with Crippen LogP contribution in [0.2, 0.25) is 0 Å². The van der Waals surface area contributed by atoms with Crippen LogP contribution in [0.1, 0.15) is 16.1 Å². The fourth-order valence-electron chi connectivity index (χ4n) is 2.60. The molecule has 0 aliphatic carbocycles. The quantitative estimate of drug-likeness (QED) is 0.625. The smallest absolute Gasteiger partial charge is 0.275 e. The third-order valence-corrected chi connectivity index (χ3v) is 4.12. The molecule has 0 radical (unpaired) electrons. The van der Waals surface area contributed by atoms with E-state index in [2.05, 4.69) is 20.6 Å². The van der Waals surface area contributed by atoms with Gasteiger partial charge in [0.25, 0.3) is 5.91 Å². The highest BCUT2D eigenvalue weighted by molar-refractivity contribution is 6.03. The topological polar surface area (TPSA) is 85.4 Å². The van der Waals surface area contributed by atoms with Crippen molar-refractivity contribution >= 4 is 17.4 Å². The summed E-state index contributed by atoms with van der Waals surface area (Å²) < 4.78 is 10.4. The van der Waals surface area contributed by atoms with Gasteiger partial charge in [-0.2, -0.15) is 0 Å². The van der Waals surface area contributed by atoms with Crippen LogP contribution in [0, 0.1) is 0 Å². The number of aromatic nitrogens is 2. The monoisotopic (exact) mass is 378 g/mol. The van der Waals surface area contributed by atoms with Crippen molar-refractivity contribution in [3.63, 3.8) is 0 Å². The van der Waals surface area contributed by atoms with Crippen LogP contribution in [-0.2, 0) is 6.42 Å². The average molecular weight is 378 g/mol. The van der Waals surface area contributed by atoms with Gasteiger partial charge in [-0.1, -0.05) is 24.3 Å². The Kier molecular flexibility index (Phi) is 6.41. The molecule has 1 heterocycles. The van der Waals surface area contributed by atoms with Crippen LogP contribution in [0.3, 0.4) is 0 Å². The summed E-state index contributed by atoms with van der Waals surface area (Å²) in [5.41, 5.74) is 2.00. The molecule has 7 heteroatoms. The van der Waals surface area contributed by atoms with Crippen LogP contribution in [0.15, 0.2) is 60.9 Å². The number of hydrogen-bond acceptors (Lipinski definition) is 6. The second-order valence-electron chi connectivity index (χ2n) is 5.97. The zero-order valence-corrected chi connectivity index (χ0v) is 15.8. The first-order valence-corrected chi connectivity index (χ1v) is 8.83. The minimum atomic E-state index is -0.346. The van der Waals surface area contributed by atoms with Crippen molar-refractivity contribution in [2.75, 3.05) is 31.4 Å². The molecule has 0 saturated heterocycles. The molecule has 0 bridgehead atoms. The highest BCUT2D eigenvalue weighted by Crippen LogP contribution is 2.23. The van der Waals surface area contributed by atoms with Gasteiger partial charge < -0.3 is 20.1 Å². The molecule has 2 N–H and O–H groups in total. The van der Waals surface area contributed by atoms with Gasteiger partial charge in [-0.15, -0.1) is 0 Å². The van der Waals surface area contributed by atoms with Gasteiger partial charge >= 0.3 is 0 Å². The minimum absolute atomic E-state index is 0.228. The van der Waals surface area contributed by atoms with Crippen LogP contribution >= 0.6 is 0 Å². The van der Waals surface area contributed by atoms with Gasteiger partial charge in [0.2, 0.25) is 0 Å². The lowest BCUT2D eigenvalue weighted by molar-refractivity contribution is 0.102. The van der Waals surface area contributed by atoms with E-state index >= 15 is 0 Å². The van der Waals surface area contributed by atoms with Gasteiger partial charge in [0, 0.05) is 6.54 Å². The molecule has 7 nitrogen and oxygen atoms in total. The molecular weight excluding hydrogens is 356 g/mol. The molecule has 1 amide bonds. The van der Waals surface area contributed by atoms with E-state index in [1.54, 1.807) is 32.5 Å². The van der Waals surface area contributed by atoms with Crippen LogP contribution in [0.25, 0.3) is 0 Å². The number of para-hydroxylation sites is 2. The SMILES string of the molecule is COc1ccc(CCNc2cnc(C(=O)Nc3ccccc3OC)cn2)cc1. The number of methoxy groups -OCH3 is 2. The molecule has 0 aliphatic heterocycles. The van der Waals surface area contributed by atoms with Crippen molar-refractivity contribution in [2.45, 2.75) is 6.42 Å². The Bertz CT molecular complexity index is 912. The number of ether oxygens (including phenoxy) is 2. The molecule has 28 heavy (non-hydrogen) atoms. The lowest BCUT2D eigenvalue weighted by Gasteiger charge is -2.10. The van der Waals surface area contributed by atoms with Crippen molar-refractivity contribution < 1.29 is 14.3 Å². The van der Waals surface area contributed by atoms with Gasteiger partial charge in [-0.05, 0) is 36.2 Å². The van der Waals surface area contributed by atoms with Crippen LogP contribution in [-0.4, -0.2) is 36.6 Å². The summed E-state index contributed by atoms with van der Waals surface area (Å²) in [6.45, 7) is 0.702. The van der Waals surface area contributed by atoms with Crippen LogP contribution < -0.4 is 20.1 Å². The van der Waals surface area contributed by atoms with E-state index in [0.29, 0.717) is 23.8 Å². The Labute approximate surface area is 163 Å². The van der Waals surface area contributed by atoms with Crippen molar-refractivity contribution in [1.82, 2.24) is 9.97 Å². The van der Waals surface area contributed by atoms with Gasteiger partial charge in [0.05, 0.1) is 32.3 Å². The van der Waals surface area contributed by atoms with E-state index in [1.807, 2.05) is 36.4 Å². The molecular formula is C21H22N4O3. The molecule has 144 valence electrons. The maximum Gasteiger partial charge on any atom is 0.275 e. The van der Waals surface area contributed by atoms with Gasteiger partial charge in [0.1, 0.15) is 23.0 Å². The first-order valence-electron chi connectivity index (χ1n) is 8.83. The molecule has 1 aromatic heterocycles. The summed E-state index contributed by atoms with van der Waals surface area (Å²) in [6, 6.07) is 15.1. The first-order chi connectivity index (χ1) is 13.7. The number of rotatable bonds is 8. The van der Waals surface area contributed by atoms with Gasteiger partial charge in [-0.25, -0.2) is 9.97 Å². The average Bonchev–Trinajstić information content (AvgIpc) is 2.75. The maximum absolute atomic E-state index is 12.3. The lowest BCUT2D eigenvalue weighted by atomic mass is 10.1. The number of carbonyl (C=O) groups excluding carboxylic acids is 1. The van der Waals surface area contributed by atoms with Crippen molar-refractivity contribution in [2.24, 2.45) is 0 Å². The normalized spacial score (nSPS) is 10.2. The largest absolute Gasteiger partial charge is 0.497 e. The lowest BCUT2D eigenvalue weighted by Crippen LogP contribution is -2.15. The number of anilines is 2. The number of amides is 1. The predicted octanol–water partition coefficient (Wildman–Crippen LogP) is 3.40. The molecule has 3 rings (SSSR count). The van der Waals surface area contributed by atoms with Crippen LogP contribution in [0.4, 0.5) is 11.5 Å². The van der Waals surface area contributed by atoms with Crippen molar-refractivity contribution in [3.8, 4) is 11.5 Å². The fourth-order valence-corrected chi connectivity index (χ4v) is 2.60. The van der Waals surface area contributed by atoms with Crippen LogP contribution in [0.5, 0.6) is 11.5 Å². The maximum atomic E-state index is 12.3. The number of nitrogens with zero attached hydrogens (tertiary/aromatic N) is 2. The molecule has 0 unspecified atom stereocenters. The molecule has 2 aromatic carbocycles. The predicted molar refractivity (Wildman–Crippen MR) is 108 cm³/mol. The standard InChI is InChI=1S/C21H22N4O3/c1-27-16-9-7-15(8-10-16)11-12-22-20-14-23-18(13-24-20)21(26)25-17-5-3-4-6-19(17)28-2/h3-10,13-14H,11-12H2,1-2H3,(H,22,24)(H,25,26). The summed E-state index contributed by atoms with van der Waals surface area (Å²) in [5, 5.41) is 5.97. The summed E-state index contributed by atoms with van der Waals surface area (Å²) in [6.07, 6.45) is 3.83. The summed E-state index contributed by atoms with van der Waals surface area (Å²) in [4.78, 5) is 20.8. The first kappa shape index (κ1) is 19.2. The second kappa shape index (κ2) is 9.36. The summed E-state index contributed by atoms with van der Waals surface area (Å²) in [7, 11) is 3.20. The number of benzene rings is 2. The Morgan fingerprint density at radius 3 is 2.43 bits per heavy atom. The summed E-state index contributed by atoms with van der Waals surface area (Å²) >= 11 is 0. The summed E-state index contributed by atoms with van der Waals surface area (Å²) in [5.74, 6) is 1.69. The minimum Gasteiger partial charge on any atom is -0.497 e. The molecule has 0 fully saturated rings. The van der Waals surface area contributed by atoms with E-state index in [1.165, 1.54) is 11.8 Å². The van der Waals surface area contributed by atoms with E-state index in [4.69, 9.17) is 9.47 Å². The Morgan fingerprint density at radius 1 is 0.964 bits per heavy atom.